The van der Waals surface area contributed by atoms with Gasteiger partial charge >= 0.3 is 0 Å². The lowest BCUT2D eigenvalue weighted by molar-refractivity contribution is -0.128. The van der Waals surface area contributed by atoms with Crippen molar-refractivity contribution in [3.8, 4) is 0 Å². The number of Topliss-reactive ketones (excluding diaryl/α,β-unsaturated/α-hetero) is 1. The van der Waals surface area contributed by atoms with Gasteiger partial charge in [0.2, 0.25) is 0 Å². The van der Waals surface area contributed by atoms with Gasteiger partial charge in [-0.15, -0.1) is 0 Å². The normalized spacial score (nSPS) is 36.3. The zero-order chi connectivity index (χ0) is 11.7. The second-order valence-corrected chi connectivity index (χ2v) is 5.49. The van der Waals surface area contributed by atoms with Crippen molar-refractivity contribution in [2.45, 2.75) is 47.0 Å². The monoisotopic (exact) mass is 212 g/mol. The van der Waals surface area contributed by atoms with E-state index in [1.165, 1.54) is 6.42 Å². The van der Waals surface area contributed by atoms with Gasteiger partial charge in [-0.2, -0.15) is 0 Å². The van der Waals surface area contributed by atoms with E-state index in [4.69, 9.17) is 0 Å². The third-order valence-corrected chi connectivity index (χ3v) is 4.77. The predicted octanol–water partition coefficient (Wildman–Crippen LogP) is 3.05. The number of fused-ring (bicyclic) bond motifs is 2. The van der Waals surface area contributed by atoms with Crippen LogP contribution < -0.4 is 0 Å². The maximum Gasteiger partial charge on any atom is 0.139 e. The van der Waals surface area contributed by atoms with E-state index in [1.54, 1.807) is 7.11 Å². The first-order valence-electron chi connectivity index (χ1n) is 5.92. The minimum Gasteiger partial charge on any atom is -0.385 e. The molecule has 2 heteroatoms. The number of hydrogen-bond donors (Lipinski definition) is 0. The average molecular weight is 212 g/mol. The summed E-state index contributed by atoms with van der Waals surface area (Å²) in [6.07, 6.45) is 3.25. The molecule has 2 aliphatic rings. The number of ether oxygens (including phenoxy) is 1. The van der Waals surface area contributed by atoms with Crippen LogP contribution in [-0.2, 0) is 9.53 Å². The molecular formula is C13H24O2. The zero-order valence-corrected chi connectivity index (χ0v) is 10.7. The molecule has 0 aromatic carbocycles. The fourth-order valence-electron chi connectivity index (χ4n) is 2.90. The molecule has 15 heavy (non-hydrogen) atoms. The van der Waals surface area contributed by atoms with E-state index in [2.05, 4.69) is 25.5 Å². The molecule has 0 radical (unpaired) electrons. The van der Waals surface area contributed by atoms with Gasteiger partial charge in [-0.05, 0) is 31.1 Å². The van der Waals surface area contributed by atoms with Gasteiger partial charge in [-0.3, -0.25) is 4.79 Å². The highest BCUT2D eigenvalue weighted by Gasteiger charge is 2.61. The third kappa shape index (κ3) is 1.84. The van der Waals surface area contributed by atoms with Crippen molar-refractivity contribution in [3.05, 3.63) is 0 Å². The van der Waals surface area contributed by atoms with Gasteiger partial charge in [0.15, 0.2) is 0 Å². The molecule has 2 aliphatic carbocycles. The van der Waals surface area contributed by atoms with Crippen molar-refractivity contribution < 1.29 is 9.53 Å². The van der Waals surface area contributed by atoms with Gasteiger partial charge in [-0.25, -0.2) is 0 Å². The zero-order valence-electron chi connectivity index (χ0n) is 10.7. The lowest BCUT2D eigenvalue weighted by Crippen LogP contribution is -2.32. The predicted molar refractivity (Wildman–Crippen MR) is 61.8 cm³/mol. The molecule has 0 heterocycles. The van der Waals surface area contributed by atoms with E-state index in [1.807, 2.05) is 6.92 Å². The highest BCUT2D eigenvalue weighted by Crippen LogP contribution is 2.63. The highest BCUT2D eigenvalue weighted by atomic mass is 16.5. The van der Waals surface area contributed by atoms with Gasteiger partial charge in [0.1, 0.15) is 5.78 Å². The molecular weight excluding hydrogens is 188 g/mol. The molecule has 0 amide bonds. The summed E-state index contributed by atoms with van der Waals surface area (Å²) in [7, 11) is 1.68. The first-order chi connectivity index (χ1) is 6.90. The molecule has 2 fully saturated rings. The molecule has 0 aliphatic heterocycles. The van der Waals surface area contributed by atoms with Crippen LogP contribution in [0.5, 0.6) is 0 Å². The van der Waals surface area contributed by atoms with Crippen LogP contribution >= 0.6 is 0 Å². The van der Waals surface area contributed by atoms with Crippen LogP contribution in [0.1, 0.15) is 47.0 Å². The van der Waals surface area contributed by atoms with Crippen molar-refractivity contribution in [1.29, 1.82) is 0 Å². The summed E-state index contributed by atoms with van der Waals surface area (Å²) >= 11 is 0. The van der Waals surface area contributed by atoms with Gasteiger partial charge in [0.25, 0.3) is 0 Å². The Morgan fingerprint density at radius 3 is 2.07 bits per heavy atom. The summed E-state index contributed by atoms with van der Waals surface area (Å²) in [5.41, 5.74) is 0.307. The van der Waals surface area contributed by atoms with Crippen molar-refractivity contribution >= 4 is 5.78 Å². The van der Waals surface area contributed by atoms with Crippen LogP contribution in [-0.4, -0.2) is 19.5 Å². The number of carbonyl (C=O) groups is 1. The van der Waals surface area contributed by atoms with Crippen LogP contribution in [0, 0.1) is 16.7 Å². The quantitative estimate of drug-likeness (QED) is 0.667. The second kappa shape index (κ2) is 4.25. The Balaban J connectivity index is 0.000000245. The number of ketones is 1. The summed E-state index contributed by atoms with van der Waals surface area (Å²) in [5.74, 6) is 1.19. The van der Waals surface area contributed by atoms with Crippen LogP contribution in [0.2, 0.25) is 0 Å². The van der Waals surface area contributed by atoms with Gasteiger partial charge in [-0.1, -0.05) is 20.8 Å². The highest BCUT2D eigenvalue weighted by molar-refractivity contribution is 5.89. The molecule has 2 rings (SSSR count). The molecule has 2 bridgehead atoms. The summed E-state index contributed by atoms with van der Waals surface area (Å²) in [5, 5.41) is 0. The van der Waals surface area contributed by atoms with Crippen molar-refractivity contribution in [2.75, 3.05) is 13.7 Å². The third-order valence-electron chi connectivity index (χ3n) is 4.77. The molecule has 2 nitrogen and oxygen atoms in total. The Kier molecular flexibility index (Phi) is 3.59. The van der Waals surface area contributed by atoms with Crippen LogP contribution in [0.15, 0.2) is 0 Å². The minimum absolute atomic E-state index is 0.0255. The Morgan fingerprint density at radius 1 is 1.40 bits per heavy atom. The largest absolute Gasteiger partial charge is 0.385 e. The topological polar surface area (TPSA) is 26.3 Å². The maximum absolute atomic E-state index is 11.6. The van der Waals surface area contributed by atoms with Gasteiger partial charge in [0, 0.05) is 25.6 Å². The Labute approximate surface area is 93.4 Å². The minimum atomic E-state index is 0.0255. The molecule has 0 saturated heterocycles. The number of hydrogen-bond acceptors (Lipinski definition) is 2. The van der Waals surface area contributed by atoms with E-state index in [9.17, 15) is 4.79 Å². The smallest absolute Gasteiger partial charge is 0.139 e. The van der Waals surface area contributed by atoms with Gasteiger partial charge in [0.05, 0.1) is 0 Å². The van der Waals surface area contributed by atoms with E-state index in [-0.39, 0.29) is 10.8 Å². The first-order valence-corrected chi connectivity index (χ1v) is 5.92. The molecule has 0 aromatic rings. The molecule has 0 spiro atoms. The lowest BCUT2D eigenvalue weighted by Gasteiger charge is -2.32. The summed E-state index contributed by atoms with van der Waals surface area (Å²) in [6.45, 7) is 9.45. The molecule has 2 atom stereocenters. The van der Waals surface area contributed by atoms with E-state index in [0.29, 0.717) is 11.7 Å². The lowest BCUT2D eigenvalue weighted by atomic mass is 9.70. The summed E-state index contributed by atoms with van der Waals surface area (Å²) < 4.78 is 4.54. The Bertz CT molecular complexity index is 243. The molecule has 88 valence electrons. The van der Waals surface area contributed by atoms with E-state index in [0.717, 1.165) is 19.4 Å². The van der Waals surface area contributed by atoms with Crippen LogP contribution in [0.25, 0.3) is 0 Å². The summed E-state index contributed by atoms with van der Waals surface area (Å²) in [4.78, 5) is 11.6. The molecule has 2 saturated carbocycles. The van der Waals surface area contributed by atoms with E-state index < -0.39 is 0 Å². The second-order valence-electron chi connectivity index (χ2n) is 5.49. The van der Waals surface area contributed by atoms with Crippen molar-refractivity contribution in [2.24, 2.45) is 16.7 Å². The molecule has 0 N–H and O–H groups in total. The molecule has 2 unspecified atom stereocenters. The Hall–Kier alpha value is -0.370. The standard InChI is InChI=1S/C10H16O.C3H8O/c1-9(2)7-4-5-10(9,3)8(11)6-7;1-3-4-2/h7H,4-6H2,1-3H3;3H2,1-2H3. The number of carbonyl (C=O) groups excluding carboxylic acids is 1. The SMILES string of the molecule is CC12CCC(CC1=O)C2(C)C.CCOC. The number of rotatable bonds is 1. The fraction of sp³-hybridized carbons (Fsp3) is 0.923. The maximum atomic E-state index is 11.6. The van der Waals surface area contributed by atoms with Crippen molar-refractivity contribution in [1.82, 2.24) is 0 Å². The summed E-state index contributed by atoms with van der Waals surface area (Å²) in [6, 6.07) is 0. The van der Waals surface area contributed by atoms with Crippen LogP contribution in [0.3, 0.4) is 0 Å². The first kappa shape index (κ1) is 12.7. The fourth-order valence-corrected chi connectivity index (χ4v) is 2.90. The Morgan fingerprint density at radius 2 is 1.93 bits per heavy atom. The number of methoxy groups -OCH3 is 1. The molecule has 0 aromatic heterocycles. The van der Waals surface area contributed by atoms with Crippen LogP contribution in [0.4, 0.5) is 0 Å². The van der Waals surface area contributed by atoms with Crippen molar-refractivity contribution in [3.63, 3.8) is 0 Å². The average Bonchev–Trinajstić information content (AvgIpc) is 2.51. The van der Waals surface area contributed by atoms with Gasteiger partial charge < -0.3 is 4.74 Å². The van der Waals surface area contributed by atoms with E-state index >= 15 is 0 Å².